The number of carbonyl (C=O) groups excluding carboxylic acids is 4. The molecule has 196 valence electrons. The summed E-state index contributed by atoms with van der Waals surface area (Å²) in [5.41, 5.74) is -0.153. The van der Waals surface area contributed by atoms with Crippen LogP contribution in [0.4, 0.5) is 11.4 Å². The first kappa shape index (κ1) is 27.7. The number of imide groups is 1. The Morgan fingerprint density at radius 2 is 1.76 bits per heavy atom. The lowest BCUT2D eigenvalue weighted by molar-refractivity contribution is -0.384. The summed E-state index contributed by atoms with van der Waals surface area (Å²) < 4.78 is 15.3. The van der Waals surface area contributed by atoms with E-state index in [0.29, 0.717) is 0 Å². The molecule has 37 heavy (non-hydrogen) atoms. The highest BCUT2D eigenvalue weighted by molar-refractivity contribution is 6.32. The van der Waals surface area contributed by atoms with Crippen LogP contribution in [0.25, 0.3) is 0 Å². The Labute approximate surface area is 216 Å². The van der Waals surface area contributed by atoms with Gasteiger partial charge >= 0.3 is 5.97 Å². The van der Waals surface area contributed by atoms with E-state index in [0.717, 1.165) is 15.9 Å². The summed E-state index contributed by atoms with van der Waals surface area (Å²) in [5.74, 6) is -2.59. The van der Waals surface area contributed by atoms with Gasteiger partial charge in [-0.2, -0.15) is 0 Å². The molecule has 12 nitrogen and oxygen atoms in total. The minimum atomic E-state index is -1.24. The van der Waals surface area contributed by atoms with E-state index in [1.54, 1.807) is 6.92 Å². The number of nitro benzene ring substituents is 1. The molecule has 13 heteroatoms. The number of methoxy groups -OCH3 is 2. The van der Waals surface area contributed by atoms with Crippen molar-refractivity contribution in [2.45, 2.75) is 25.7 Å². The number of rotatable bonds is 10. The van der Waals surface area contributed by atoms with Gasteiger partial charge in [-0.15, -0.1) is 0 Å². The Bertz CT molecular complexity index is 1210. The summed E-state index contributed by atoms with van der Waals surface area (Å²) >= 11 is 5.87. The molecule has 0 saturated carbocycles. The number of amides is 3. The molecule has 3 rings (SSSR count). The second-order valence-corrected chi connectivity index (χ2v) is 8.24. The number of nitro groups is 1. The van der Waals surface area contributed by atoms with E-state index < -0.39 is 46.6 Å². The van der Waals surface area contributed by atoms with Crippen molar-refractivity contribution in [3.8, 4) is 0 Å². The smallest absolute Gasteiger partial charge is 0.338 e. The van der Waals surface area contributed by atoms with Crippen molar-refractivity contribution >= 4 is 46.7 Å². The van der Waals surface area contributed by atoms with Crippen LogP contribution in [-0.2, 0) is 23.8 Å². The van der Waals surface area contributed by atoms with E-state index in [1.807, 2.05) is 0 Å². The fraction of sp³-hybridized carbons (Fsp3) is 0.333. The van der Waals surface area contributed by atoms with E-state index in [4.69, 9.17) is 25.8 Å². The zero-order valence-corrected chi connectivity index (χ0v) is 21.0. The number of carbonyl (C=O) groups is 4. The van der Waals surface area contributed by atoms with Crippen molar-refractivity contribution in [1.29, 1.82) is 0 Å². The molecule has 1 atom stereocenters. The van der Waals surface area contributed by atoms with Gasteiger partial charge in [-0.1, -0.05) is 11.6 Å². The second kappa shape index (κ2) is 11.9. The van der Waals surface area contributed by atoms with E-state index in [-0.39, 0.29) is 41.4 Å². The molecule has 1 heterocycles. The van der Waals surface area contributed by atoms with Gasteiger partial charge < -0.3 is 19.1 Å². The van der Waals surface area contributed by atoms with Crippen LogP contribution in [0.3, 0.4) is 0 Å². The molecule has 2 aromatic carbocycles. The molecule has 0 N–H and O–H groups in total. The zero-order valence-electron chi connectivity index (χ0n) is 20.2. The minimum Gasteiger partial charge on any atom is -0.462 e. The summed E-state index contributed by atoms with van der Waals surface area (Å²) in [6.07, 6.45) is -1.30. The predicted octanol–water partition coefficient (Wildman–Crippen LogP) is 2.82. The maximum atomic E-state index is 13.5. The average Bonchev–Trinajstić information content (AvgIpc) is 3.18. The topological polar surface area (TPSA) is 146 Å². The van der Waals surface area contributed by atoms with E-state index in [1.165, 1.54) is 50.6 Å². The lowest BCUT2D eigenvalue weighted by Crippen LogP contribution is -2.49. The van der Waals surface area contributed by atoms with Crippen molar-refractivity contribution in [2.24, 2.45) is 0 Å². The lowest BCUT2D eigenvalue weighted by atomic mass is 10.1. The molecule has 1 aliphatic heterocycles. The quantitative estimate of drug-likeness (QED) is 0.148. The van der Waals surface area contributed by atoms with Crippen molar-refractivity contribution in [3.63, 3.8) is 0 Å². The van der Waals surface area contributed by atoms with Gasteiger partial charge in [0.15, 0.2) is 6.29 Å². The van der Waals surface area contributed by atoms with Gasteiger partial charge in [-0.25, -0.2) is 9.69 Å². The first-order valence-corrected chi connectivity index (χ1v) is 11.4. The van der Waals surface area contributed by atoms with Crippen LogP contribution in [0.5, 0.6) is 0 Å². The number of benzene rings is 2. The van der Waals surface area contributed by atoms with Crippen LogP contribution in [0.1, 0.15) is 34.1 Å². The molecular weight excluding hydrogens is 510 g/mol. The Balaban J connectivity index is 1.94. The molecule has 0 spiro atoms. The molecule has 3 amide bonds. The number of halogens is 1. The standard InChI is InChI=1S/C24H24ClN3O9/c1-4-37-24(32)14-5-8-16(9-6-14)27-20(29)12-19(23(27)31)26(13-21(35-2)36-3)22(30)15-7-10-17(25)18(11-15)28(33)34/h5-11,19,21H,4,12-13H2,1-3H3. The van der Waals surface area contributed by atoms with Gasteiger partial charge in [0.05, 0.1) is 35.7 Å². The van der Waals surface area contributed by atoms with Crippen molar-refractivity contribution in [1.82, 2.24) is 4.90 Å². The molecular formula is C24H24ClN3O9. The van der Waals surface area contributed by atoms with E-state index in [9.17, 15) is 29.3 Å². The molecule has 1 fully saturated rings. The lowest BCUT2D eigenvalue weighted by Gasteiger charge is -2.30. The molecule has 0 radical (unpaired) electrons. The molecule has 0 aromatic heterocycles. The van der Waals surface area contributed by atoms with Crippen LogP contribution < -0.4 is 4.90 Å². The summed E-state index contributed by atoms with van der Waals surface area (Å²) in [5, 5.41) is 11.1. The number of anilines is 1. The number of esters is 1. The first-order valence-electron chi connectivity index (χ1n) is 11.1. The molecule has 1 unspecified atom stereocenters. The normalized spacial score (nSPS) is 15.3. The number of nitrogens with zero attached hydrogens (tertiary/aromatic N) is 3. The highest BCUT2D eigenvalue weighted by atomic mass is 35.5. The molecule has 1 saturated heterocycles. The SMILES string of the molecule is CCOC(=O)c1ccc(N2C(=O)CC(N(CC(OC)OC)C(=O)c3ccc(Cl)c([N+](=O)[O-])c3)C2=O)cc1. The fourth-order valence-electron chi connectivity index (χ4n) is 3.80. The largest absolute Gasteiger partial charge is 0.462 e. The van der Waals surface area contributed by atoms with Crippen LogP contribution in [0.2, 0.25) is 5.02 Å². The Morgan fingerprint density at radius 1 is 1.14 bits per heavy atom. The third-order valence-corrected chi connectivity index (χ3v) is 5.98. The highest BCUT2D eigenvalue weighted by Gasteiger charge is 2.45. The van der Waals surface area contributed by atoms with Gasteiger partial charge in [0.25, 0.3) is 17.5 Å². The fourth-order valence-corrected chi connectivity index (χ4v) is 3.99. The molecule has 0 bridgehead atoms. The van der Waals surface area contributed by atoms with Crippen molar-refractivity contribution in [3.05, 3.63) is 68.7 Å². The minimum absolute atomic E-state index is 0.112. The van der Waals surface area contributed by atoms with Crippen LogP contribution in [-0.4, -0.2) is 73.2 Å². The van der Waals surface area contributed by atoms with Gasteiger partial charge in [-0.05, 0) is 43.3 Å². The van der Waals surface area contributed by atoms with Crippen molar-refractivity contribution < 1.29 is 38.3 Å². The second-order valence-electron chi connectivity index (χ2n) is 7.84. The Morgan fingerprint density at radius 3 is 2.32 bits per heavy atom. The zero-order chi connectivity index (χ0) is 27.3. The third-order valence-electron chi connectivity index (χ3n) is 5.66. The van der Waals surface area contributed by atoms with E-state index >= 15 is 0 Å². The molecule has 1 aliphatic rings. The summed E-state index contributed by atoms with van der Waals surface area (Å²) in [6.45, 7) is 1.61. The summed E-state index contributed by atoms with van der Waals surface area (Å²) in [7, 11) is 2.67. The number of hydrogen-bond acceptors (Lipinski definition) is 9. The average molecular weight is 534 g/mol. The highest BCUT2D eigenvalue weighted by Crippen LogP contribution is 2.30. The predicted molar refractivity (Wildman–Crippen MR) is 130 cm³/mol. The summed E-state index contributed by atoms with van der Waals surface area (Å²) in [6, 6.07) is 7.93. The number of hydrogen-bond donors (Lipinski definition) is 0. The third kappa shape index (κ3) is 5.93. The van der Waals surface area contributed by atoms with E-state index in [2.05, 4.69) is 0 Å². The van der Waals surface area contributed by atoms with Gasteiger partial charge in [0.2, 0.25) is 5.91 Å². The van der Waals surface area contributed by atoms with Crippen LogP contribution in [0.15, 0.2) is 42.5 Å². The van der Waals surface area contributed by atoms with Crippen molar-refractivity contribution in [2.75, 3.05) is 32.3 Å². The van der Waals surface area contributed by atoms with Gasteiger partial charge in [0, 0.05) is 25.8 Å². The summed E-state index contributed by atoms with van der Waals surface area (Å²) in [4.78, 5) is 64.3. The maximum absolute atomic E-state index is 13.5. The monoisotopic (exact) mass is 533 g/mol. The molecule has 0 aliphatic carbocycles. The molecule has 2 aromatic rings. The Kier molecular flexibility index (Phi) is 8.92. The number of ether oxygens (including phenoxy) is 3. The van der Waals surface area contributed by atoms with Gasteiger partial charge in [-0.3, -0.25) is 24.5 Å². The van der Waals surface area contributed by atoms with Crippen LogP contribution >= 0.6 is 11.6 Å². The Hall–Kier alpha value is -3.87. The first-order chi connectivity index (χ1) is 17.6. The maximum Gasteiger partial charge on any atom is 0.338 e. The van der Waals surface area contributed by atoms with Crippen LogP contribution in [0, 0.1) is 10.1 Å². The van der Waals surface area contributed by atoms with Gasteiger partial charge in [0.1, 0.15) is 11.1 Å².